The minimum absolute atomic E-state index is 0.0656. The third-order valence-electron chi connectivity index (χ3n) is 4.31. The fraction of sp³-hybridized carbons (Fsp3) is 0.786. The highest BCUT2D eigenvalue weighted by Crippen LogP contribution is 2.26. The Labute approximate surface area is 127 Å². The quantitative estimate of drug-likeness (QED) is 0.596. The molecule has 0 saturated carbocycles. The molecule has 0 spiro atoms. The number of halogens is 1. The van der Waals surface area contributed by atoms with Crippen LogP contribution in [0.3, 0.4) is 0 Å². The van der Waals surface area contributed by atoms with Crippen LogP contribution in [0.15, 0.2) is 0 Å². The summed E-state index contributed by atoms with van der Waals surface area (Å²) >= 11 is 6.33. The molecule has 5 nitrogen and oxygen atoms in total. The lowest BCUT2D eigenvalue weighted by Gasteiger charge is -2.43. The topological polar surface area (TPSA) is 59.1 Å². The van der Waals surface area contributed by atoms with Gasteiger partial charge in [0.15, 0.2) is 0 Å². The van der Waals surface area contributed by atoms with E-state index in [0.29, 0.717) is 5.15 Å². The van der Waals surface area contributed by atoms with Gasteiger partial charge < -0.3 is 0 Å². The average Bonchev–Trinajstić information content (AvgIpc) is 2.62. The molecule has 1 aromatic rings. The fourth-order valence-corrected chi connectivity index (χ4v) is 3.13. The van der Waals surface area contributed by atoms with Crippen molar-refractivity contribution in [2.24, 2.45) is 12.9 Å². The van der Waals surface area contributed by atoms with E-state index in [1.165, 1.54) is 0 Å². The first-order valence-electron chi connectivity index (χ1n) is 7.18. The lowest BCUT2D eigenvalue weighted by Crippen LogP contribution is -2.60. The Hall–Kier alpha value is -0.620. The second-order valence-electron chi connectivity index (χ2n) is 5.73. The molecule has 6 heteroatoms. The van der Waals surface area contributed by atoms with Gasteiger partial charge in [-0.15, -0.1) is 0 Å². The highest BCUT2D eigenvalue weighted by molar-refractivity contribution is 6.30. The van der Waals surface area contributed by atoms with Crippen molar-refractivity contribution in [3.8, 4) is 0 Å². The number of likely N-dealkylation sites (N-methyl/N-ethyl adjacent to an activating group) is 1. The van der Waals surface area contributed by atoms with Crippen molar-refractivity contribution in [2.75, 3.05) is 13.1 Å². The molecule has 0 fully saturated rings. The Bertz CT molecular complexity index is 437. The molecule has 0 aliphatic heterocycles. The molecule has 1 unspecified atom stereocenters. The summed E-state index contributed by atoms with van der Waals surface area (Å²) in [6.07, 6.45) is 0.762. The van der Waals surface area contributed by atoms with Crippen LogP contribution >= 0.6 is 11.6 Å². The number of nitrogens with one attached hydrogen (secondary N) is 1. The molecule has 1 atom stereocenters. The minimum atomic E-state index is -0.0656. The first kappa shape index (κ1) is 17.4. The number of nitrogens with zero attached hydrogens (tertiary/aromatic N) is 3. The minimum Gasteiger partial charge on any atom is -0.297 e. The van der Waals surface area contributed by atoms with E-state index in [2.05, 4.69) is 43.1 Å². The predicted molar refractivity (Wildman–Crippen MR) is 84.8 cm³/mol. The zero-order chi connectivity index (χ0) is 15.5. The number of hydrazine groups is 1. The van der Waals surface area contributed by atoms with Gasteiger partial charge in [-0.1, -0.05) is 25.4 Å². The van der Waals surface area contributed by atoms with E-state index in [1.54, 1.807) is 4.68 Å². The van der Waals surface area contributed by atoms with Crippen LogP contribution in [-0.2, 0) is 13.5 Å². The number of aryl methyl sites for hydroxylation is 2. The van der Waals surface area contributed by atoms with Crippen molar-refractivity contribution in [3.63, 3.8) is 0 Å². The molecule has 0 aromatic carbocycles. The second kappa shape index (κ2) is 6.89. The van der Waals surface area contributed by atoms with Crippen LogP contribution in [0.1, 0.15) is 39.0 Å². The standard InChI is InChI=1S/C14H28ClN5/c1-7-20(8-2)14(4,5)12(17-16)9-11-10(3)18-19(6)13(11)15/h12,17H,7-9,16H2,1-6H3. The van der Waals surface area contributed by atoms with Crippen molar-refractivity contribution in [2.45, 2.75) is 52.6 Å². The van der Waals surface area contributed by atoms with E-state index in [-0.39, 0.29) is 11.6 Å². The van der Waals surface area contributed by atoms with Gasteiger partial charge in [0, 0.05) is 24.2 Å². The molecule has 0 radical (unpaired) electrons. The summed E-state index contributed by atoms with van der Waals surface area (Å²) in [5.41, 5.74) is 4.93. The third kappa shape index (κ3) is 3.34. The van der Waals surface area contributed by atoms with Gasteiger partial charge in [0.2, 0.25) is 0 Å². The van der Waals surface area contributed by atoms with Gasteiger partial charge in [-0.25, -0.2) is 0 Å². The molecule has 0 amide bonds. The van der Waals surface area contributed by atoms with Gasteiger partial charge >= 0.3 is 0 Å². The summed E-state index contributed by atoms with van der Waals surface area (Å²) in [5.74, 6) is 5.81. The van der Waals surface area contributed by atoms with Crippen molar-refractivity contribution in [1.29, 1.82) is 0 Å². The Morgan fingerprint density at radius 2 is 1.95 bits per heavy atom. The molecule has 0 aliphatic carbocycles. The highest BCUT2D eigenvalue weighted by Gasteiger charge is 2.34. The molecule has 0 aliphatic rings. The van der Waals surface area contributed by atoms with Gasteiger partial charge in [-0.05, 0) is 40.3 Å². The largest absolute Gasteiger partial charge is 0.297 e. The Balaban J connectivity index is 3.02. The molecular formula is C14H28ClN5. The summed E-state index contributed by atoms with van der Waals surface area (Å²) in [4.78, 5) is 2.40. The summed E-state index contributed by atoms with van der Waals surface area (Å²) in [5, 5.41) is 5.06. The van der Waals surface area contributed by atoms with Crippen molar-refractivity contribution >= 4 is 11.6 Å². The van der Waals surface area contributed by atoms with Crippen LogP contribution in [0.4, 0.5) is 0 Å². The maximum Gasteiger partial charge on any atom is 0.130 e. The first-order valence-corrected chi connectivity index (χ1v) is 7.56. The maximum atomic E-state index is 6.33. The summed E-state index contributed by atoms with van der Waals surface area (Å²) in [7, 11) is 1.86. The van der Waals surface area contributed by atoms with Crippen molar-refractivity contribution in [3.05, 3.63) is 16.4 Å². The fourth-order valence-electron chi connectivity index (χ4n) is 2.88. The van der Waals surface area contributed by atoms with E-state index < -0.39 is 0 Å². The Morgan fingerprint density at radius 1 is 1.40 bits per heavy atom. The molecule has 116 valence electrons. The number of rotatable bonds is 7. The van der Waals surface area contributed by atoms with Gasteiger partial charge in [0.25, 0.3) is 0 Å². The number of nitrogens with two attached hydrogens (primary N) is 1. The lowest BCUT2D eigenvalue weighted by atomic mass is 9.88. The van der Waals surface area contributed by atoms with Crippen LogP contribution in [0, 0.1) is 6.92 Å². The summed E-state index contributed by atoms with van der Waals surface area (Å²) in [6, 6.07) is 0.0998. The first-order chi connectivity index (χ1) is 9.29. The molecule has 1 heterocycles. The third-order valence-corrected chi connectivity index (χ3v) is 4.78. The summed E-state index contributed by atoms with van der Waals surface area (Å²) in [6.45, 7) is 12.7. The molecule has 3 N–H and O–H groups in total. The lowest BCUT2D eigenvalue weighted by molar-refractivity contribution is 0.0912. The van der Waals surface area contributed by atoms with E-state index in [4.69, 9.17) is 17.4 Å². The molecular weight excluding hydrogens is 274 g/mol. The predicted octanol–water partition coefficient (Wildman–Crippen LogP) is 1.88. The van der Waals surface area contributed by atoms with Crippen molar-refractivity contribution in [1.82, 2.24) is 20.1 Å². The Morgan fingerprint density at radius 3 is 2.30 bits per heavy atom. The highest BCUT2D eigenvalue weighted by atomic mass is 35.5. The second-order valence-corrected chi connectivity index (χ2v) is 6.09. The number of hydrogen-bond acceptors (Lipinski definition) is 4. The number of aromatic nitrogens is 2. The van der Waals surface area contributed by atoms with Crippen LogP contribution < -0.4 is 11.3 Å². The number of hydrogen-bond donors (Lipinski definition) is 2. The van der Waals surface area contributed by atoms with E-state index in [1.807, 2.05) is 14.0 Å². The normalized spacial score (nSPS) is 14.1. The molecule has 1 aromatic heterocycles. The average molecular weight is 302 g/mol. The van der Waals surface area contributed by atoms with E-state index >= 15 is 0 Å². The molecule has 0 saturated heterocycles. The molecule has 20 heavy (non-hydrogen) atoms. The SMILES string of the molecule is CCN(CC)C(C)(C)C(Cc1c(C)nn(C)c1Cl)NN. The van der Waals surface area contributed by atoms with Gasteiger partial charge in [0.1, 0.15) is 5.15 Å². The Kier molecular flexibility index (Phi) is 6.01. The van der Waals surface area contributed by atoms with Crippen LogP contribution in [0.5, 0.6) is 0 Å². The monoisotopic (exact) mass is 301 g/mol. The van der Waals surface area contributed by atoms with Gasteiger partial charge in [0.05, 0.1) is 5.69 Å². The smallest absolute Gasteiger partial charge is 0.130 e. The maximum absolute atomic E-state index is 6.33. The van der Waals surface area contributed by atoms with Crippen LogP contribution in [0.2, 0.25) is 5.15 Å². The zero-order valence-corrected chi connectivity index (χ0v) is 14.3. The summed E-state index contributed by atoms with van der Waals surface area (Å²) < 4.78 is 1.71. The molecule has 1 rings (SSSR count). The van der Waals surface area contributed by atoms with Crippen LogP contribution in [0.25, 0.3) is 0 Å². The zero-order valence-electron chi connectivity index (χ0n) is 13.5. The van der Waals surface area contributed by atoms with Gasteiger partial charge in [-0.2, -0.15) is 5.10 Å². The molecule has 0 bridgehead atoms. The van der Waals surface area contributed by atoms with E-state index in [0.717, 1.165) is 30.8 Å². The van der Waals surface area contributed by atoms with Gasteiger partial charge in [-0.3, -0.25) is 20.9 Å². The van der Waals surface area contributed by atoms with Crippen LogP contribution in [-0.4, -0.2) is 39.4 Å². The van der Waals surface area contributed by atoms with Crippen molar-refractivity contribution < 1.29 is 0 Å². The van der Waals surface area contributed by atoms with E-state index in [9.17, 15) is 0 Å².